The van der Waals surface area contributed by atoms with E-state index in [1.54, 1.807) is 0 Å². The SMILES string of the molecule is CC(C)(C)[Si](C)(C)O[C@H](CC=O)COCc1ccccc1. The Hall–Kier alpha value is -0.973. The topological polar surface area (TPSA) is 35.5 Å². The molecule has 0 aliphatic heterocycles. The van der Waals surface area contributed by atoms with E-state index in [-0.39, 0.29) is 11.1 Å². The molecule has 1 aromatic rings. The highest BCUT2D eigenvalue weighted by molar-refractivity contribution is 6.74. The van der Waals surface area contributed by atoms with Gasteiger partial charge in [0, 0.05) is 6.42 Å². The highest BCUT2D eigenvalue weighted by Gasteiger charge is 2.39. The molecule has 0 heterocycles. The Balaban J connectivity index is 2.52. The van der Waals surface area contributed by atoms with Gasteiger partial charge in [0.1, 0.15) is 6.29 Å². The van der Waals surface area contributed by atoms with Gasteiger partial charge in [-0.15, -0.1) is 0 Å². The number of carbonyl (C=O) groups is 1. The third kappa shape index (κ3) is 6.12. The largest absolute Gasteiger partial charge is 0.411 e. The molecule has 1 rings (SSSR count). The summed E-state index contributed by atoms with van der Waals surface area (Å²) >= 11 is 0. The summed E-state index contributed by atoms with van der Waals surface area (Å²) in [5, 5.41) is 0.133. The molecule has 118 valence electrons. The van der Waals surface area contributed by atoms with E-state index >= 15 is 0 Å². The second-order valence-electron chi connectivity index (χ2n) is 6.90. The van der Waals surface area contributed by atoms with E-state index in [0.717, 1.165) is 11.8 Å². The van der Waals surface area contributed by atoms with Crippen LogP contribution in [0.2, 0.25) is 18.1 Å². The fourth-order valence-corrected chi connectivity index (χ4v) is 3.08. The van der Waals surface area contributed by atoms with Gasteiger partial charge in [-0.3, -0.25) is 0 Å². The first kappa shape index (κ1) is 18.1. The van der Waals surface area contributed by atoms with Crippen LogP contribution in [0.4, 0.5) is 0 Å². The predicted octanol–water partition coefficient (Wildman–Crippen LogP) is 4.18. The van der Waals surface area contributed by atoms with E-state index < -0.39 is 8.32 Å². The van der Waals surface area contributed by atoms with Gasteiger partial charge in [-0.05, 0) is 23.7 Å². The van der Waals surface area contributed by atoms with Gasteiger partial charge in [0.2, 0.25) is 0 Å². The summed E-state index contributed by atoms with van der Waals surface area (Å²) in [4.78, 5) is 10.9. The molecular formula is C17H28O3Si. The van der Waals surface area contributed by atoms with Gasteiger partial charge in [-0.25, -0.2) is 0 Å². The van der Waals surface area contributed by atoms with Crippen molar-refractivity contribution in [2.45, 2.75) is 58.0 Å². The zero-order valence-electron chi connectivity index (χ0n) is 13.9. The normalized spacial score (nSPS) is 14.0. The molecule has 0 aliphatic rings. The smallest absolute Gasteiger partial charge is 0.192 e. The van der Waals surface area contributed by atoms with Gasteiger partial charge >= 0.3 is 0 Å². The zero-order chi connectivity index (χ0) is 15.9. The van der Waals surface area contributed by atoms with Crippen LogP contribution in [0.25, 0.3) is 0 Å². The van der Waals surface area contributed by atoms with Crippen molar-refractivity contribution in [1.82, 2.24) is 0 Å². The quantitative estimate of drug-likeness (QED) is 0.534. The van der Waals surface area contributed by atoms with E-state index in [9.17, 15) is 4.79 Å². The standard InChI is InChI=1S/C17H28O3Si/c1-17(2,3)21(4,5)20-16(11-12-18)14-19-13-15-9-7-6-8-10-15/h6-10,12,16H,11,13-14H2,1-5H3/t16-/m1/s1. The van der Waals surface area contributed by atoms with E-state index in [1.807, 2.05) is 30.3 Å². The average molecular weight is 308 g/mol. The monoisotopic (exact) mass is 308 g/mol. The van der Waals surface area contributed by atoms with Crippen molar-refractivity contribution in [3.63, 3.8) is 0 Å². The van der Waals surface area contributed by atoms with Crippen molar-refractivity contribution in [3.8, 4) is 0 Å². The Bertz CT molecular complexity index is 423. The second kappa shape index (κ2) is 7.87. The molecule has 0 aliphatic carbocycles. The van der Waals surface area contributed by atoms with Crippen molar-refractivity contribution >= 4 is 14.6 Å². The minimum absolute atomic E-state index is 0.133. The molecule has 1 aromatic carbocycles. The Morgan fingerprint density at radius 3 is 2.33 bits per heavy atom. The highest BCUT2D eigenvalue weighted by atomic mass is 28.4. The van der Waals surface area contributed by atoms with Crippen LogP contribution in [0.5, 0.6) is 0 Å². The maximum atomic E-state index is 10.9. The first-order chi connectivity index (χ1) is 9.76. The molecule has 0 bridgehead atoms. The number of aldehydes is 1. The maximum Gasteiger partial charge on any atom is 0.192 e. The summed E-state index contributed by atoms with van der Waals surface area (Å²) in [6, 6.07) is 10.0. The number of ether oxygens (including phenoxy) is 1. The van der Waals surface area contributed by atoms with Gasteiger partial charge in [0.05, 0.1) is 19.3 Å². The minimum Gasteiger partial charge on any atom is -0.411 e. The molecule has 0 amide bonds. The van der Waals surface area contributed by atoms with Crippen molar-refractivity contribution in [3.05, 3.63) is 35.9 Å². The lowest BCUT2D eigenvalue weighted by atomic mass is 10.2. The van der Waals surface area contributed by atoms with Crippen molar-refractivity contribution in [2.75, 3.05) is 6.61 Å². The minimum atomic E-state index is -1.87. The van der Waals surface area contributed by atoms with Crippen LogP contribution in [0.15, 0.2) is 30.3 Å². The molecule has 0 aromatic heterocycles. The zero-order valence-corrected chi connectivity index (χ0v) is 14.9. The van der Waals surface area contributed by atoms with Gasteiger partial charge < -0.3 is 14.0 Å². The van der Waals surface area contributed by atoms with Crippen LogP contribution in [-0.4, -0.2) is 27.3 Å². The van der Waals surface area contributed by atoms with E-state index in [1.165, 1.54) is 0 Å². The fourth-order valence-electron chi connectivity index (χ4n) is 1.73. The third-order valence-electron chi connectivity index (χ3n) is 4.04. The summed E-state index contributed by atoms with van der Waals surface area (Å²) in [6.07, 6.45) is 1.16. The number of hydrogen-bond donors (Lipinski definition) is 0. The van der Waals surface area contributed by atoms with Gasteiger partial charge in [-0.2, -0.15) is 0 Å². The highest BCUT2D eigenvalue weighted by Crippen LogP contribution is 2.37. The van der Waals surface area contributed by atoms with Gasteiger partial charge in [0.15, 0.2) is 8.32 Å². The first-order valence-electron chi connectivity index (χ1n) is 7.49. The Morgan fingerprint density at radius 1 is 1.19 bits per heavy atom. The fraction of sp³-hybridized carbons (Fsp3) is 0.588. The Labute approximate surface area is 129 Å². The number of rotatable bonds is 8. The maximum absolute atomic E-state index is 10.9. The molecule has 0 radical (unpaired) electrons. The van der Waals surface area contributed by atoms with Crippen molar-refractivity contribution in [1.29, 1.82) is 0 Å². The Morgan fingerprint density at radius 2 is 1.81 bits per heavy atom. The lowest BCUT2D eigenvalue weighted by Gasteiger charge is -2.38. The average Bonchev–Trinajstić information content (AvgIpc) is 2.38. The first-order valence-corrected chi connectivity index (χ1v) is 10.4. The van der Waals surface area contributed by atoms with Crippen LogP contribution in [0, 0.1) is 0 Å². The molecule has 3 nitrogen and oxygen atoms in total. The third-order valence-corrected chi connectivity index (χ3v) is 8.58. The molecule has 0 spiro atoms. The molecule has 0 fully saturated rings. The van der Waals surface area contributed by atoms with E-state index in [2.05, 4.69) is 33.9 Å². The second-order valence-corrected chi connectivity index (χ2v) is 11.7. The molecule has 21 heavy (non-hydrogen) atoms. The molecule has 0 saturated heterocycles. The van der Waals surface area contributed by atoms with E-state index in [0.29, 0.717) is 19.6 Å². The molecular weight excluding hydrogens is 280 g/mol. The summed E-state index contributed by atoms with van der Waals surface area (Å²) in [5.41, 5.74) is 1.13. The van der Waals surface area contributed by atoms with Crippen LogP contribution < -0.4 is 0 Å². The lowest BCUT2D eigenvalue weighted by molar-refractivity contribution is -0.110. The summed E-state index contributed by atoms with van der Waals surface area (Å²) in [5.74, 6) is 0. The molecule has 0 saturated carbocycles. The van der Waals surface area contributed by atoms with Crippen molar-refractivity contribution < 1.29 is 14.0 Å². The van der Waals surface area contributed by atoms with Crippen LogP contribution in [-0.2, 0) is 20.6 Å². The Kier molecular flexibility index (Phi) is 6.78. The van der Waals surface area contributed by atoms with Gasteiger partial charge in [-0.1, -0.05) is 51.1 Å². The van der Waals surface area contributed by atoms with Crippen LogP contribution in [0.3, 0.4) is 0 Å². The number of carbonyl (C=O) groups excluding carboxylic acids is 1. The number of benzene rings is 1. The molecule has 4 heteroatoms. The van der Waals surface area contributed by atoms with E-state index in [4.69, 9.17) is 9.16 Å². The molecule has 0 unspecified atom stereocenters. The van der Waals surface area contributed by atoms with Crippen LogP contribution >= 0.6 is 0 Å². The van der Waals surface area contributed by atoms with Crippen LogP contribution in [0.1, 0.15) is 32.8 Å². The van der Waals surface area contributed by atoms with Crippen molar-refractivity contribution in [2.24, 2.45) is 0 Å². The number of hydrogen-bond acceptors (Lipinski definition) is 3. The summed E-state index contributed by atoms with van der Waals surface area (Å²) in [7, 11) is -1.87. The summed E-state index contributed by atoms with van der Waals surface area (Å²) < 4.78 is 12.0. The lowest BCUT2D eigenvalue weighted by Crippen LogP contribution is -2.45. The molecule has 1 atom stereocenters. The molecule has 0 N–H and O–H groups in total. The summed E-state index contributed by atoms with van der Waals surface area (Å²) in [6.45, 7) is 12.0. The predicted molar refractivity (Wildman–Crippen MR) is 88.8 cm³/mol. The van der Waals surface area contributed by atoms with Gasteiger partial charge in [0.25, 0.3) is 0 Å².